The van der Waals surface area contributed by atoms with Crippen molar-refractivity contribution >= 4 is 11.8 Å². The van der Waals surface area contributed by atoms with Crippen LogP contribution in [-0.4, -0.2) is 38.3 Å². The smallest absolute Gasteiger partial charge is 0.315 e. The number of hydrogen-bond donors (Lipinski definition) is 3. The lowest BCUT2D eigenvalue weighted by Crippen LogP contribution is -2.39. The van der Waals surface area contributed by atoms with Crippen LogP contribution >= 0.6 is 0 Å². The zero-order valence-electron chi connectivity index (χ0n) is 14.7. The second kappa shape index (κ2) is 9.36. The Balaban J connectivity index is 1.78. The highest BCUT2D eigenvalue weighted by atomic mass is 16.5. The van der Waals surface area contributed by atoms with Crippen molar-refractivity contribution in [3.63, 3.8) is 0 Å². The minimum atomic E-state index is -0.231. The van der Waals surface area contributed by atoms with Gasteiger partial charge in [-0.1, -0.05) is 12.1 Å². The van der Waals surface area contributed by atoms with Crippen molar-refractivity contribution in [1.29, 1.82) is 0 Å². The average molecular weight is 344 g/mol. The number of aromatic nitrogens is 1. The molecule has 7 heteroatoms. The number of benzene rings is 1. The Morgan fingerprint density at radius 1 is 1.12 bits per heavy atom. The van der Waals surface area contributed by atoms with E-state index in [0.29, 0.717) is 24.6 Å². The summed E-state index contributed by atoms with van der Waals surface area (Å²) < 4.78 is 10.5. The van der Waals surface area contributed by atoms with Crippen LogP contribution in [0.3, 0.4) is 0 Å². The molecule has 7 nitrogen and oxygen atoms in total. The van der Waals surface area contributed by atoms with Gasteiger partial charge in [0.1, 0.15) is 5.82 Å². The number of methoxy groups -OCH3 is 2. The standard InChI is InChI=1S/C18H24N4O3/c1-13(14-7-8-15(24-2)16(12-14)25-3)22-18(23)21-11-10-20-17-6-4-5-9-19-17/h4-9,12-13H,10-11H2,1-3H3,(H,19,20)(H2,21,22,23)/t13-/m1/s1. The van der Waals surface area contributed by atoms with Crippen LogP contribution in [0.2, 0.25) is 0 Å². The molecule has 0 aliphatic rings. The monoisotopic (exact) mass is 344 g/mol. The summed E-state index contributed by atoms with van der Waals surface area (Å²) >= 11 is 0. The van der Waals surface area contributed by atoms with Crippen LogP contribution in [0.15, 0.2) is 42.6 Å². The number of amides is 2. The summed E-state index contributed by atoms with van der Waals surface area (Å²) in [4.78, 5) is 16.1. The first-order valence-corrected chi connectivity index (χ1v) is 8.05. The van der Waals surface area contributed by atoms with Gasteiger partial charge in [-0.2, -0.15) is 0 Å². The molecule has 1 heterocycles. The molecule has 25 heavy (non-hydrogen) atoms. The third-order valence-electron chi connectivity index (χ3n) is 3.64. The summed E-state index contributed by atoms with van der Waals surface area (Å²) in [6, 6.07) is 10.8. The fourth-order valence-electron chi connectivity index (χ4n) is 2.29. The van der Waals surface area contributed by atoms with Gasteiger partial charge < -0.3 is 25.4 Å². The van der Waals surface area contributed by atoms with E-state index >= 15 is 0 Å². The summed E-state index contributed by atoms with van der Waals surface area (Å²) in [6.45, 7) is 2.99. The van der Waals surface area contributed by atoms with Gasteiger partial charge in [0.05, 0.1) is 20.3 Å². The highest BCUT2D eigenvalue weighted by molar-refractivity contribution is 5.74. The van der Waals surface area contributed by atoms with Crippen LogP contribution in [0.5, 0.6) is 11.5 Å². The number of anilines is 1. The fraction of sp³-hybridized carbons (Fsp3) is 0.333. The molecule has 1 aromatic heterocycles. The lowest BCUT2D eigenvalue weighted by Gasteiger charge is -2.17. The molecule has 1 atom stereocenters. The van der Waals surface area contributed by atoms with Crippen molar-refractivity contribution in [2.75, 3.05) is 32.6 Å². The zero-order valence-corrected chi connectivity index (χ0v) is 14.7. The summed E-state index contributed by atoms with van der Waals surface area (Å²) in [6.07, 6.45) is 1.72. The summed E-state index contributed by atoms with van der Waals surface area (Å²) in [5, 5.41) is 8.83. The van der Waals surface area contributed by atoms with Crippen molar-refractivity contribution in [3.8, 4) is 11.5 Å². The van der Waals surface area contributed by atoms with Crippen LogP contribution in [0.4, 0.5) is 10.6 Å². The number of urea groups is 1. The zero-order chi connectivity index (χ0) is 18.1. The maximum Gasteiger partial charge on any atom is 0.315 e. The number of nitrogens with zero attached hydrogens (tertiary/aromatic N) is 1. The van der Waals surface area contributed by atoms with Crippen molar-refractivity contribution in [1.82, 2.24) is 15.6 Å². The number of carbonyl (C=O) groups excluding carboxylic acids is 1. The number of ether oxygens (including phenoxy) is 2. The van der Waals surface area contributed by atoms with E-state index in [1.54, 1.807) is 20.4 Å². The van der Waals surface area contributed by atoms with Gasteiger partial charge in [0, 0.05) is 19.3 Å². The largest absolute Gasteiger partial charge is 0.493 e. The molecule has 0 aliphatic carbocycles. The lowest BCUT2D eigenvalue weighted by molar-refractivity contribution is 0.238. The van der Waals surface area contributed by atoms with Gasteiger partial charge in [0.15, 0.2) is 11.5 Å². The van der Waals surface area contributed by atoms with Gasteiger partial charge in [-0.05, 0) is 36.8 Å². The van der Waals surface area contributed by atoms with Crippen LogP contribution < -0.4 is 25.4 Å². The molecular weight excluding hydrogens is 320 g/mol. The molecule has 0 aliphatic heterocycles. The Morgan fingerprint density at radius 3 is 2.60 bits per heavy atom. The van der Waals surface area contributed by atoms with E-state index in [9.17, 15) is 4.79 Å². The average Bonchev–Trinajstić information content (AvgIpc) is 2.65. The molecule has 0 saturated carbocycles. The maximum atomic E-state index is 12.0. The van der Waals surface area contributed by atoms with E-state index < -0.39 is 0 Å². The molecule has 2 aromatic rings. The molecule has 0 radical (unpaired) electrons. The second-order valence-electron chi connectivity index (χ2n) is 5.38. The molecule has 134 valence electrons. The van der Waals surface area contributed by atoms with E-state index in [0.717, 1.165) is 11.4 Å². The highest BCUT2D eigenvalue weighted by Crippen LogP contribution is 2.29. The van der Waals surface area contributed by atoms with Crippen LogP contribution in [-0.2, 0) is 0 Å². The molecule has 2 amide bonds. The first-order valence-electron chi connectivity index (χ1n) is 8.05. The highest BCUT2D eigenvalue weighted by Gasteiger charge is 2.12. The van der Waals surface area contributed by atoms with Crippen molar-refractivity contribution in [2.24, 2.45) is 0 Å². The number of pyridine rings is 1. The van der Waals surface area contributed by atoms with Crippen LogP contribution in [0, 0.1) is 0 Å². The fourth-order valence-corrected chi connectivity index (χ4v) is 2.29. The number of hydrogen-bond acceptors (Lipinski definition) is 5. The molecule has 0 bridgehead atoms. The van der Waals surface area contributed by atoms with Gasteiger partial charge in [-0.25, -0.2) is 9.78 Å². The second-order valence-corrected chi connectivity index (χ2v) is 5.38. The Hall–Kier alpha value is -2.96. The van der Waals surface area contributed by atoms with Gasteiger partial charge in [0.2, 0.25) is 0 Å². The number of nitrogens with one attached hydrogen (secondary N) is 3. The molecule has 0 unspecified atom stereocenters. The number of carbonyl (C=O) groups is 1. The van der Waals surface area contributed by atoms with Crippen molar-refractivity contribution in [2.45, 2.75) is 13.0 Å². The Bertz CT molecular complexity index is 679. The van der Waals surface area contributed by atoms with Gasteiger partial charge in [0.25, 0.3) is 0 Å². The molecular formula is C18H24N4O3. The van der Waals surface area contributed by atoms with E-state index in [1.165, 1.54) is 0 Å². The van der Waals surface area contributed by atoms with Crippen molar-refractivity contribution in [3.05, 3.63) is 48.2 Å². The van der Waals surface area contributed by atoms with E-state index in [-0.39, 0.29) is 12.1 Å². The third-order valence-corrected chi connectivity index (χ3v) is 3.64. The van der Waals surface area contributed by atoms with Gasteiger partial charge >= 0.3 is 6.03 Å². The predicted molar refractivity (Wildman–Crippen MR) is 97.2 cm³/mol. The Kier molecular flexibility index (Phi) is 6.88. The lowest BCUT2D eigenvalue weighted by atomic mass is 10.1. The molecule has 3 N–H and O–H groups in total. The van der Waals surface area contributed by atoms with Crippen molar-refractivity contribution < 1.29 is 14.3 Å². The minimum absolute atomic E-state index is 0.163. The van der Waals surface area contributed by atoms with E-state index in [1.807, 2.05) is 43.3 Å². The topological polar surface area (TPSA) is 84.5 Å². The van der Waals surface area contributed by atoms with E-state index in [4.69, 9.17) is 9.47 Å². The van der Waals surface area contributed by atoms with E-state index in [2.05, 4.69) is 20.9 Å². The van der Waals surface area contributed by atoms with Gasteiger partial charge in [-0.3, -0.25) is 0 Å². The minimum Gasteiger partial charge on any atom is -0.493 e. The summed E-state index contributed by atoms with van der Waals surface area (Å²) in [7, 11) is 3.17. The SMILES string of the molecule is COc1ccc([C@@H](C)NC(=O)NCCNc2ccccn2)cc1OC. The summed E-state index contributed by atoms with van der Waals surface area (Å²) in [5.74, 6) is 2.07. The first kappa shape index (κ1) is 18.4. The summed E-state index contributed by atoms with van der Waals surface area (Å²) in [5.41, 5.74) is 0.930. The van der Waals surface area contributed by atoms with Gasteiger partial charge in [-0.15, -0.1) is 0 Å². The number of rotatable bonds is 8. The van der Waals surface area contributed by atoms with Crippen LogP contribution in [0.1, 0.15) is 18.5 Å². The first-order chi connectivity index (χ1) is 12.1. The quantitative estimate of drug-likeness (QED) is 0.641. The molecule has 2 rings (SSSR count). The molecule has 0 saturated heterocycles. The predicted octanol–water partition coefficient (Wildman–Crippen LogP) is 2.57. The normalized spacial score (nSPS) is 11.3. The molecule has 0 fully saturated rings. The van der Waals surface area contributed by atoms with Crippen LogP contribution in [0.25, 0.3) is 0 Å². The molecule has 1 aromatic carbocycles. The maximum absolute atomic E-state index is 12.0. The Morgan fingerprint density at radius 2 is 1.92 bits per heavy atom. The Labute approximate surface area is 147 Å². The molecule has 0 spiro atoms. The third kappa shape index (κ3) is 5.56.